The highest BCUT2D eigenvalue weighted by Gasteiger charge is 2.10. The van der Waals surface area contributed by atoms with Gasteiger partial charge in [-0.05, 0) is 6.07 Å². The van der Waals surface area contributed by atoms with E-state index in [-0.39, 0.29) is 16.5 Å². The third-order valence-electron chi connectivity index (χ3n) is 1.45. The topological polar surface area (TPSA) is 59.4 Å². The van der Waals surface area contributed by atoms with Crippen molar-refractivity contribution < 1.29 is 23.4 Å². The Balaban J connectivity index is 2.89. The molecule has 0 amide bonds. The van der Waals surface area contributed by atoms with E-state index in [0.29, 0.717) is 0 Å². The van der Waals surface area contributed by atoms with E-state index in [0.717, 1.165) is 12.3 Å². The first-order valence-electron chi connectivity index (χ1n) is 3.80. The molecule has 0 aliphatic heterocycles. The lowest BCUT2D eigenvalue weighted by Crippen LogP contribution is -2.05. The molecule has 1 rings (SSSR count). The first kappa shape index (κ1) is 11.6. The summed E-state index contributed by atoms with van der Waals surface area (Å²) < 4.78 is 27.7. The highest BCUT2D eigenvalue weighted by molar-refractivity contribution is 6.30. The Morgan fingerprint density at radius 3 is 2.87 bits per heavy atom. The van der Waals surface area contributed by atoms with Crippen molar-refractivity contribution >= 4 is 17.6 Å². The molecule has 1 N–H and O–H groups in total. The van der Waals surface area contributed by atoms with E-state index in [9.17, 15) is 13.6 Å². The second kappa shape index (κ2) is 4.88. The Bertz CT molecular complexity index is 373. The molecule has 0 saturated carbocycles. The van der Waals surface area contributed by atoms with Crippen LogP contribution in [0.25, 0.3) is 0 Å². The normalized spacial score (nSPS) is 10.4. The largest absolute Gasteiger partial charge is 0.481 e. The van der Waals surface area contributed by atoms with Gasteiger partial charge in [-0.15, -0.1) is 0 Å². The van der Waals surface area contributed by atoms with E-state index in [1.165, 1.54) is 0 Å². The molecule has 4 nitrogen and oxygen atoms in total. The molecule has 0 saturated heterocycles. The molecule has 0 fully saturated rings. The van der Waals surface area contributed by atoms with Gasteiger partial charge in [-0.3, -0.25) is 4.79 Å². The third kappa shape index (κ3) is 3.67. The van der Waals surface area contributed by atoms with Crippen molar-refractivity contribution in [2.24, 2.45) is 0 Å². The fourth-order valence-electron chi connectivity index (χ4n) is 0.926. The van der Waals surface area contributed by atoms with Gasteiger partial charge in [0.05, 0.1) is 12.6 Å². The van der Waals surface area contributed by atoms with Crippen LogP contribution in [0.2, 0.25) is 5.15 Å². The first-order valence-corrected chi connectivity index (χ1v) is 4.18. The number of carbonyl (C=O) groups is 1. The van der Waals surface area contributed by atoms with Crippen LogP contribution in [0.4, 0.5) is 8.78 Å². The van der Waals surface area contributed by atoms with Crippen molar-refractivity contribution in [3.63, 3.8) is 0 Å². The average Bonchev–Trinajstić information content (AvgIpc) is 2.09. The van der Waals surface area contributed by atoms with Gasteiger partial charge in [-0.1, -0.05) is 11.6 Å². The van der Waals surface area contributed by atoms with Crippen LogP contribution in [-0.4, -0.2) is 22.7 Å². The average molecular weight is 238 g/mol. The summed E-state index contributed by atoms with van der Waals surface area (Å²) in [5.41, 5.74) is 0.127. The predicted octanol–water partition coefficient (Wildman–Crippen LogP) is 1.96. The van der Waals surface area contributed by atoms with Crippen molar-refractivity contribution in [2.45, 2.75) is 13.0 Å². The number of alkyl halides is 2. The maximum absolute atomic E-state index is 11.8. The van der Waals surface area contributed by atoms with Gasteiger partial charge in [0.1, 0.15) is 10.9 Å². The number of carboxylic acids is 1. The Morgan fingerprint density at radius 2 is 2.33 bits per heavy atom. The van der Waals surface area contributed by atoms with E-state index >= 15 is 0 Å². The maximum atomic E-state index is 11.8. The summed E-state index contributed by atoms with van der Waals surface area (Å²) in [6, 6.07) is 1.12. The minimum atomic E-state index is -2.98. The van der Waals surface area contributed by atoms with E-state index in [2.05, 4.69) is 9.72 Å². The van der Waals surface area contributed by atoms with Gasteiger partial charge in [0.15, 0.2) is 0 Å². The zero-order chi connectivity index (χ0) is 11.4. The molecular formula is C8H6ClF2NO3. The summed E-state index contributed by atoms with van der Waals surface area (Å²) in [4.78, 5) is 13.9. The second-order valence-corrected chi connectivity index (χ2v) is 2.93. The molecule has 1 heterocycles. The van der Waals surface area contributed by atoms with E-state index in [1.54, 1.807) is 0 Å². The van der Waals surface area contributed by atoms with Crippen LogP contribution < -0.4 is 4.74 Å². The van der Waals surface area contributed by atoms with Crippen LogP contribution in [-0.2, 0) is 11.2 Å². The molecule has 1 aromatic heterocycles. The Kier molecular flexibility index (Phi) is 3.79. The number of rotatable bonds is 4. The fraction of sp³-hybridized carbons (Fsp3) is 0.250. The number of pyridine rings is 1. The summed E-state index contributed by atoms with van der Waals surface area (Å²) in [7, 11) is 0. The number of aliphatic carboxylic acids is 1. The minimum Gasteiger partial charge on any atom is -0.481 e. The number of carboxylic acid groups (broad SMARTS) is 1. The molecule has 1 aromatic rings. The Morgan fingerprint density at radius 1 is 1.67 bits per heavy atom. The molecular weight excluding hydrogens is 232 g/mol. The molecule has 0 unspecified atom stereocenters. The molecule has 0 spiro atoms. The fourth-order valence-corrected chi connectivity index (χ4v) is 1.10. The second-order valence-electron chi connectivity index (χ2n) is 2.57. The number of hydrogen-bond donors (Lipinski definition) is 1. The molecule has 0 aliphatic rings. The zero-order valence-corrected chi connectivity index (χ0v) is 8.04. The van der Waals surface area contributed by atoms with Gasteiger partial charge in [0, 0.05) is 5.56 Å². The minimum absolute atomic E-state index is 0.0426. The van der Waals surface area contributed by atoms with Gasteiger partial charge in [0.25, 0.3) is 0 Å². The van der Waals surface area contributed by atoms with Gasteiger partial charge < -0.3 is 9.84 Å². The van der Waals surface area contributed by atoms with Gasteiger partial charge in [-0.2, -0.15) is 8.78 Å². The Labute approximate surface area is 88.4 Å². The van der Waals surface area contributed by atoms with E-state index < -0.39 is 19.0 Å². The predicted molar refractivity (Wildman–Crippen MR) is 47.2 cm³/mol. The molecule has 0 aliphatic carbocycles. The van der Waals surface area contributed by atoms with Crippen molar-refractivity contribution in [1.29, 1.82) is 0 Å². The zero-order valence-electron chi connectivity index (χ0n) is 7.28. The first-order chi connectivity index (χ1) is 6.99. The van der Waals surface area contributed by atoms with Crippen molar-refractivity contribution in [3.05, 3.63) is 23.0 Å². The van der Waals surface area contributed by atoms with Crippen molar-refractivity contribution in [2.75, 3.05) is 0 Å². The molecule has 15 heavy (non-hydrogen) atoms. The maximum Gasteiger partial charge on any atom is 0.387 e. The van der Waals surface area contributed by atoms with E-state index in [1.807, 2.05) is 0 Å². The SMILES string of the molecule is O=C(O)Cc1cc(OC(F)F)cnc1Cl. The summed E-state index contributed by atoms with van der Waals surface area (Å²) in [5.74, 6) is -1.35. The van der Waals surface area contributed by atoms with Crippen molar-refractivity contribution in [1.82, 2.24) is 4.98 Å². The standard InChI is InChI=1S/C8H6ClF2NO3/c9-7-4(2-6(13)14)1-5(3-12-7)15-8(10)11/h1,3,8H,2H2,(H,13,14). The number of ether oxygens (including phenoxy) is 1. The third-order valence-corrected chi connectivity index (χ3v) is 1.79. The van der Waals surface area contributed by atoms with Gasteiger partial charge in [0.2, 0.25) is 0 Å². The molecule has 0 bridgehead atoms. The lowest BCUT2D eigenvalue weighted by Gasteiger charge is -2.06. The monoisotopic (exact) mass is 237 g/mol. The van der Waals surface area contributed by atoms with Crippen LogP contribution in [0, 0.1) is 0 Å². The molecule has 0 atom stereocenters. The number of aromatic nitrogens is 1. The summed E-state index contributed by atoms with van der Waals surface area (Å²) in [5, 5.41) is 8.45. The quantitative estimate of drug-likeness (QED) is 0.814. The molecule has 82 valence electrons. The number of hydrogen-bond acceptors (Lipinski definition) is 3. The van der Waals surface area contributed by atoms with Crippen molar-refractivity contribution in [3.8, 4) is 5.75 Å². The van der Waals surface area contributed by atoms with Crippen LogP contribution in [0.1, 0.15) is 5.56 Å². The number of halogens is 3. The molecule has 0 radical (unpaired) electrons. The highest BCUT2D eigenvalue weighted by atomic mass is 35.5. The molecule has 0 aromatic carbocycles. The summed E-state index contributed by atoms with van der Waals surface area (Å²) in [6.45, 7) is -2.98. The summed E-state index contributed by atoms with van der Waals surface area (Å²) >= 11 is 5.56. The van der Waals surface area contributed by atoms with Crippen LogP contribution in [0.5, 0.6) is 5.75 Å². The lowest BCUT2D eigenvalue weighted by atomic mass is 10.2. The lowest BCUT2D eigenvalue weighted by molar-refractivity contribution is -0.136. The number of nitrogens with zero attached hydrogens (tertiary/aromatic N) is 1. The van der Waals surface area contributed by atoms with Gasteiger partial charge >= 0.3 is 12.6 Å². The smallest absolute Gasteiger partial charge is 0.387 e. The van der Waals surface area contributed by atoms with Crippen LogP contribution in [0.15, 0.2) is 12.3 Å². The van der Waals surface area contributed by atoms with Gasteiger partial charge in [-0.25, -0.2) is 4.98 Å². The van der Waals surface area contributed by atoms with Crippen LogP contribution >= 0.6 is 11.6 Å². The van der Waals surface area contributed by atoms with Crippen LogP contribution in [0.3, 0.4) is 0 Å². The summed E-state index contributed by atoms with van der Waals surface area (Å²) in [6.07, 6.45) is 0.603. The Hall–Kier alpha value is -1.43. The highest BCUT2D eigenvalue weighted by Crippen LogP contribution is 2.20. The molecule has 7 heteroatoms. The van der Waals surface area contributed by atoms with E-state index in [4.69, 9.17) is 16.7 Å².